The number of rotatable bonds is 4. The van der Waals surface area contributed by atoms with Gasteiger partial charge in [0.15, 0.2) is 0 Å². The van der Waals surface area contributed by atoms with Gasteiger partial charge in [0.2, 0.25) is 5.91 Å². The monoisotopic (exact) mass is 246 g/mol. The molecule has 1 aromatic carbocycles. The van der Waals surface area contributed by atoms with Crippen LogP contribution in [0.1, 0.15) is 20.3 Å². The Morgan fingerprint density at radius 3 is 3.06 bits per heavy atom. The summed E-state index contributed by atoms with van der Waals surface area (Å²) in [5.74, 6) is -0.00239. The third-order valence-corrected chi connectivity index (χ3v) is 3.29. The Balaban J connectivity index is 2.19. The van der Waals surface area contributed by atoms with Crippen molar-refractivity contribution in [2.75, 3.05) is 5.32 Å². The van der Waals surface area contributed by atoms with Gasteiger partial charge in [-0.15, -0.1) is 0 Å². The number of aromatic amines is 1. The van der Waals surface area contributed by atoms with Crippen LogP contribution in [-0.2, 0) is 4.79 Å². The lowest BCUT2D eigenvalue weighted by Crippen LogP contribution is -2.40. The molecule has 1 heterocycles. The molecular weight excluding hydrogens is 228 g/mol. The molecule has 1 amide bonds. The second-order valence-corrected chi connectivity index (χ2v) is 4.54. The maximum atomic E-state index is 12.0. The van der Waals surface area contributed by atoms with E-state index in [1.165, 1.54) is 0 Å². The minimum Gasteiger partial charge on any atom is -0.323 e. The summed E-state index contributed by atoms with van der Waals surface area (Å²) >= 11 is 0. The van der Waals surface area contributed by atoms with Gasteiger partial charge in [-0.25, -0.2) is 0 Å². The van der Waals surface area contributed by atoms with Crippen LogP contribution in [0.25, 0.3) is 10.9 Å². The molecule has 0 radical (unpaired) electrons. The molecule has 0 bridgehead atoms. The summed E-state index contributed by atoms with van der Waals surface area (Å²) in [4.78, 5) is 12.0. The molecule has 18 heavy (non-hydrogen) atoms. The predicted molar refractivity (Wildman–Crippen MR) is 72.2 cm³/mol. The normalized spacial score (nSPS) is 14.4. The van der Waals surface area contributed by atoms with Gasteiger partial charge in [0.05, 0.1) is 23.4 Å². The summed E-state index contributed by atoms with van der Waals surface area (Å²) in [5.41, 5.74) is 7.44. The van der Waals surface area contributed by atoms with Crippen molar-refractivity contribution >= 4 is 22.5 Å². The van der Waals surface area contributed by atoms with Gasteiger partial charge in [-0.05, 0) is 12.0 Å². The van der Waals surface area contributed by atoms with E-state index < -0.39 is 6.04 Å². The van der Waals surface area contributed by atoms with E-state index in [2.05, 4.69) is 15.5 Å². The smallest absolute Gasteiger partial charge is 0.241 e. The summed E-state index contributed by atoms with van der Waals surface area (Å²) in [7, 11) is 0. The predicted octanol–water partition coefficient (Wildman–Crippen LogP) is 1.87. The quantitative estimate of drug-likeness (QED) is 0.770. The highest BCUT2D eigenvalue weighted by atomic mass is 16.2. The molecule has 2 aromatic rings. The SMILES string of the molecule is CCC(C)C(N)C(=O)Nc1cccc2cn[nH]c12. The van der Waals surface area contributed by atoms with Crippen LogP contribution in [0.3, 0.4) is 0 Å². The van der Waals surface area contributed by atoms with E-state index in [0.717, 1.165) is 17.3 Å². The number of carbonyl (C=O) groups is 1. The molecule has 5 nitrogen and oxygen atoms in total. The van der Waals surface area contributed by atoms with Crippen LogP contribution in [0.5, 0.6) is 0 Å². The first-order chi connectivity index (χ1) is 8.63. The molecule has 2 rings (SSSR count). The molecule has 0 saturated carbocycles. The Labute approximate surface area is 106 Å². The first-order valence-electron chi connectivity index (χ1n) is 6.12. The number of aromatic nitrogens is 2. The number of nitrogens with one attached hydrogen (secondary N) is 2. The molecule has 0 aliphatic heterocycles. The Hall–Kier alpha value is -1.88. The third kappa shape index (κ3) is 2.36. The molecule has 0 aliphatic carbocycles. The average molecular weight is 246 g/mol. The zero-order chi connectivity index (χ0) is 13.1. The Bertz CT molecular complexity index is 549. The van der Waals surface area contributed by atoms with E-state index in [9.17, 15) is 4.79 Å². The maximum Gasteiger partial charge on any atom is 0.241 e. The maximum absolute atomic E-state index is 12.0. The van der Waals surface area contributed by atoms with E-state index in [-0.39, 0.29) is 11.8 Å². The van der Waals surface area contributed by atoms with Gasteiger partial charge in [0.25, 0.3) is 0 Å². The average Bonchev–Trinajstić information content (AvgIpc) is 2.86. The molecule has 2 atom stereocenters. The minimum atomic E-state index is -0.492. The lowest BCUT2D eigenvalue weighted by Gasteiger charge is -2.17. The van der Waals surface area contributed by atoms with Gasteiger partial charge in [0.1, 0.15) is 0 Å². The van der Waals surface area contributed by atoms with Crippen molar-refractivity contribution in [3.8, 4) is 0 Å². The van der Waals surface area contributed by atoms with E-state index in [4.69, 9.17) is 5.73 Å². The number of carbonyl (C=O) groups excluding carboxylic acids is 1. The first kappa shape index (κ1) is 12.6. The van der Waals surface area contributed by atoms with Gasteiger partial charge in [-0.1, -0.05) is 32.4 Å². The molecule has 0 aliphatic rings. The molecule has 96 valence electrons. The van der Waals surface area contributed by atoms with Gasteiger partial charge >= 0.3 is 0 Å². The van der Waals surface area contributed by atoms with E-state index >= 15 is 0 Å². The molecule has 2 unspecified atom stereocenters. The number of para-hydroxylation sites is 1. The summed E-state index contributed by atoms with van der Waals surface area (Å²) in [6.45, 7) is 3.99. The Kier molecular flexibility index (Phi) is 3.62. The van der Waals surface area contributed by atoms with Crippen molar-refractivity contribution in [1.82, 2.24) is 10.2 Å². The number of nitrogens with zero attached hydrogens (tertiary/aromatic N) is 1. The number of H-pyrrole nitrogens is 1. The molecule has 1 aromatic heterocycles. The van der Waals surface area contributed by atoms with E-state index in [0.29, 0.717) is 5.69 Å². The van der Waals surface area contributed by atoms with Crippen LogP contribution >= 0.6 is 0 Å². The van der Waals surface area contributed by atoms with Crippen LogP contribution in [0.4, 0.5) is 5.69 Å². The largest absolute Gasteiger partial charge is 0.323 e. The topological polar surface area (TPSA) is 83.8 Å². The fourth-order valence-corrected chi connectivity index (χ4v) is 1.80. The number of hydrogen-bond acceptors (Lipinski definition) is 3. The van der Waals surface area contributed by atoms with Crippen LogP contribution in [-0.4, -0.2) is 22.1 Å². The van der Waals surface area contributed by atoms with Gasteiger partial charge < -0.3 is 11.1 Å². The van der Waals surface area contributed by atoms with Crippen molar-refractivity contribution in [3.63, 3.8) is 0 Å². The van der Waals surface area contributed by atoms with Crippen molar-refractivity contribution in [2.45, 2.75) is 26.3 Å². The summed E-state index contributed by atoms with van der Waals surface area (Å²) in [5, 5.41) is 10.6. The lowest BCUT2D eigenvalue weighted by atomic mass is 9.99. The molecular formula is C13H18N4O. The lowest BCUT2D eigenvalue weighted by molar-refractivity contribution is -0.118. The summed E-state index contributed by atoms with van der Waals surface area (Å²) < 4.78 is 0. The number of benzene rings is 1. The molecule has 5 heteroatoms. The van der Waals surface area contributed by atoms with Crippen molar-refractivity contribution in [3.05, 3.63) is 24.4 Å². The highest BCUT2D eigenvalue weighted by Crippen LogP contribution is 2.21. The number of hydrogen-bond donors (Lipinski definition) is 3. The minimum absolute atomic E-state index is 0.158. The number of amides is 1. The van der Waals surface area contributed by atoms with Crippen molar-refractivity contribution in [2.24, 2.45) is 11.7 Å². The van der Waals surface area contributed by atoms with E-state index in [1.807, 2.05) is 32.0 Å². The molecule has 0 saturated heterocycles. The zero-order valence-corrected chi connectivity index (χ0v) is 10.6. The Morgan fingerprint density at radius 2 is 2.33 bits per heavy atom. The third-order valence-electron chi connectivity index (χ3n) is 3.29. The van der Waals surface area contributed by atoms with Crippen LogP contribution < -0.4 is 11.1 Å². The molecule has 0 spiro atoms. The second kappa shape index (κ2) is 5.18. The van der Waals surface area contributed by atoms with E-state index in [1.54, 1.807) is 6.20 Å². The molecule has 0 fully saturated rings. The fourth-order valence-electron chi connectivity index (χ4n) is 1.80. The van der Waals surface area contributed by atoms with Gasteiger partial charge in [-0.3, -0.25) is 9.89 Å². The van der Waals surface area contributed by atoms with Gasteiger partial charge in [0, 0.05) is 5.39 Å². The summed E-state index contributed by atoms with van der Waals surface area (Å²) in [6, 6.07) is 5.15. The second-order valence-electron chi connectivity index (χ2n) is 4.54. The van der Waals surface area contributed by atoms with Crippen molar-refractivity contribution in [1.29, 1.82) is 0 Å². The highest BCUT2D eigenvalue weighted by molar-refractivity contribution is 6.02. The molecule has 4 N–H and O–H groups in total. The van der Waals surface area contributed by atoms with Crippen LogP contribution in [0.15, 0.2) is 24.4 Å². The number of fused-ring (bicyclic) bond motifs is 1. The van der Waals surface area contributed by atoms with Crippen LogP contribution in [0.2, 0.25) is 0 Å². The highest BCUT2D eigenvalue weighted by Gasteiger charge is 2.20. The van der Waals surface area contributed by atoms with Gasteiger partial charge in [-0.2, -0.15) is 5.10 Å². The Morgan fingerprint density at radius 1 is 1.56 bits per heavy atom. The first-order valence-corrected chi connectivity index (χ1v) is 6.12. The summed E-state index contributed by atoms with van der Waals surface area (Å²) in [6.07, 6.45) is 2.60. The number of anilines is 1. The number of nitrogens with two attached hydrogens (primary N) is 1. The standard InChI is InChI=1S/C13H18N4O/c1-3-8(2)11(14)13(18)16-10-6-4-5-9-7-15-17-12(9)10/h4-8,11H,3,14H2,1-2H3,(H,15,17)(H,16,18). The van der Waals surface area contributed by atoms with Crippen molar-refractivity contribution < 1.29 is 4.79 Å². The zero-order valence-electron chi connectivity index (χ0n) is 10.6. The fraction of sp³-hybridized carbons (Fsp3) is 0.385. The van der Waals surface area contributed by atoms with Crippen LogP contribution in [0, 0.1) is 5.92 Å².